The molecular formula is C20H27F3N2O2. The van der Waals surface area contributed by atoms with Crippen LogP contribution in [0, 0.1) is 11.8 Å². The second-order valence-electron chi connectivity index (χ2n) is 8.01. The lowest BCUT2D eigenvalue weighted by atomic mass is 9.94. The number of halogens is 3. The van der Waals surface area contributed by atoms with Gasteiger partial charge in [-0.3, -0.25) is 9.59 Å². The molecule has 1 heterocycles. The number of carbonyl (C=O) groups is 2. The van der Waals surface area contributed by atoms with Crippen molar-refractivity contribution in [2.45, 2.75) is 58.8 Å². The normalized spacial score (nSPS) is 20.9. The standard InChI is InChI=1S/C20H27F3N2O2/c1-12(2)9-16-11-25(17(10-13(3)4)18(26)24-16)19(27)14-5-7-15(8-6-14)20(21,22)23/h5-8,12-13,16-17H,9-11H2,1-4H3,(H,24,26)/t16-,17-/m0/s1. The number of piperazine rings is 1. The molecule has 1 aliphatic heterocycles. The molecule has 0 aliphatic carbocycles. The molecule has 0 aromatic heterocycles. The smallest absolute Gasteiger partial charge is 0.350 e. The molecule has 0 bridgehead atoms. The predicted octanol–water partition coefficient (Wildman–Crippen LogP) is 4.11. The van der Waals surface area contributed by atoms with E-state index in [1.807, 2.05) is 27.7 Å². The van der Waals surface area contributed by atoms with Gasteiger partial charge in [0.1, 0.15) is 6.04 Å². The molecule has 150 valence electrons. The minimum atomic E-state index is -4.45. The van der Waals surface area contributed by atoms with Crippen molar-refractivity contribution in [3.05, 3.63) is 35.4 Å². The van der Waals surface area contributed by atoms with Crippen LogP contribution in [-0.2, 0) is 11.0 Å². The first kappa shape index (κ1) is 21.3. The molecule has 1 aromatic carbocycles. The van der Waals surface area contributed by atoms with Gasteiger partial charge in [0.15, 0.2) is 0 Å². The van der Waals surface area contributed by atoms with Crippen molar-refractivity contribution in [3.8, 4) is 0 Å². The highest BCUT2D eigenvalue weighted by Crippen LogP contribution is 2.29. The zero-order chi connectivity index (χ0) is 20.4. The number of hydrogen-bond acceptors (Lipinski definition) is 2. The van der Waals surface area contributed by atoms with Crippen LogP contribution in [0.25, 0.3) is 0 Å². The van der Waals surface area contributed by atoms with Crippen LogP contribution < -0.4 is 5.32 Å². The number of nitrogens with zero attached hydrogens (tertiary/aromatic N) is 1. The van der Waals surface area contributed by atoms with E-state index in [2.05, 4.69) is 5.32 Å². The fraction of sp³-hybridized carbons (Fsp3) is 0.600. The number of benzene rings is 1. The average molecular weight is 384 g/mol. The van der Waals surface area contributed by atoms with E-state index in [1.165, 1.54) is 17.0 Å². The van der Waals surface area contributed by atoms with Gasteiger partial charge in [0.25, 0.3) is 5.91 Å². The number of carbonyl (C=O) groups excluding carboxylic acids is 2. The summed E-state index contributed by atoms with van der Waals surface area (Å²) in [5, 5.41) is 2.99. The second-order valence-corrected chi connectivity index (χ2v) is 8.01. The predicted molar refractivity (Wildman–Crippen MR) is 97.1 cm³/mol. The van der Waals surface area contributed by atoms with Crippen LogP contribution in [0.2, 0.25) is 0 Å². The highest BCUT2D eigenvalue weighted by molar-refractivity contribution is 5.98. The summed E-state index contributed by atoms with van der Waals surface area (Å²) in [6.07, 6.45) is -3.21. The Labute approximate surface area is 158 Å². The zero-order valence-electron chi connectivity index (χ0n) is 16.1. The van der Waals surface area contributed by atoms with Crippen LogP contribution in [0.5, 0.6) is 0 Å². The molecule has 27 heavy (non-hydrogen) atoms. The Morgan fingerprint density at radius 1 is 1.11 bits per heavy atom. The third-order valence-corrected chi connectivity index (χ3v) is 4.61. The molecule has 2 rings (SSSR count). The molecule has 2 atom stereocenters. The Morgan fingerprint density at radius 3 is 2.15 bits per heavy atom. The van der Waals surface area contributed by atoms with Crippen molar-refractivity contribution >= 4 is 11.8 Å². The maximum absolute atomic E-state index is 13.0. The maximum Gasteiger partial charge on any atom is 0.416 e. The Hall–Kier alpha value is -2.05. The summed E-state index contributed by atoms with van der Waals surface area (Å²) >= 11 is 0. The molecule has 1 saturated heterocycles. The number of nitrogens with one attached hydrogen (secondary N) is 1. The van der Waals surface area contributed by atoms with Gasteiger partial charge in [-0.15, -0.1) is 0 Å². The summed E-state index contributed by atoms with van der Waals surface area (Å²) < 4.78 is 38.3. The minimum absolute atomic E-state index is 0.153. The lowest BCUT2D eigenvalue weighted by Crippen LogP contribution is -2.62. The van der Waals surface area contributed by atoms with Crippen molar-refractivity contribution in [2.75, 3.05) is 6.54 Å². The van der Waals surface area contributed by atoms with Crippen molar-refractivity contribution in [1.82, 2.24) is 10.2 Å². The number of amides is 2. The van der Waals surface area contributed by atoms with Crippen LogP contribution in [0.1, 0.15) is 56.5 Å². The van der Waals surface area contributed by atoms with E-state index in [0.717, 1.165) is 18.6 Å². The fourth-order valence-corrected chi connectivity index (χ4v) is 3.42. The van der Waals surface area contributed by atoms with E-state index < -0.39 is 23.7 Å². The van der Waals surface area contributed by atoms with Crippen LogP contribution in [-0.4, -0.2) is 35.3 Å². The Kier molecular flexibility index (Phi) is 6.54. The van der Waals surface area contributed by atoms with E-state index in [0.29, 0.717) is 18.9 Å². The van der Waals surface area contributed by atoms with E-state index in [9.17, 15) is 22.8 Å². The third kappa shape index (κ3) is 5.47. The van der Waals surface area contributed by atoms with E-state index in [1.54, 1.807) is 0 Å². The van der Waals surface area contributed by atoms with Crippen LogP contribution >= 0.6 is 0 Å². The summed E-state index contributed by atoms with van der Waals surface area (Å²) in [4.78, 5) is 27.1. The molecule has 4 nitrogen and oxygen atoms in total. The summed E-state index contributed by atoms with van der Waals surface area (Å²) in [7, 11) is 0. The van der Waals surface area contributed by atoms with Gasteiger partial charge >= 0.3 is 6.18 Å². The van der Waals surface area contributed by atoms with Gasteiger partial charge in [0.2, 0.25) is 5.91 Å². The molecule has 0 spiro atoms. The first-order chi connectivity index (χ1) is 12.5. The topological polar surface area (TPSA) is 49.4 Å². The highest BCUT2D eigenvalue weighted by Gasteiger charge is 2.38. The Balaban J connectivity index is 2.27. The van der Waals surface area contributed by atoms with Gasteiger partial charge in [0, 0.05) is 18.2 Å². The molecule has 1 N–H and O–H groups in total. The molecule has 1 fully saturated rings. The SMILES string of the molecule is CC(C)C[C@H]1CN(C(=O)c2ccc(C(F)(F)F)cc2)[C@@H](CC(C)C)C(=O)N1. The summed E-state index contributed by atoms with van der Waals surface area (Å²) in [5.74, 6) is -0.0517. The van der Waals surface area contributed by atoms with Crippen LogP contribution in [0.15, 0.2) is 24.3 Å². The molecule has 2 amide bonds. The minimum Gasteiger partial charge on any atom is -0.350 e. The second kappa shape index (κ2) is 8.31. The average Bonchev–Trinajstić information content (AvgIpc) is 2.55. The molecule has 1 aliphatic rings. The van der Waals surface area contributed by atoms with Crippen LogP contribution in [0.4, 0.5) is 13.2 Å². The van der Waals surface area contributed by atoms with E-state index in [-0.39, 0.29) is 23.4 Å². The maximum atomic E-state index is 13.0. The highest BCUT2D eigenvalue weighted by atomic mass is 19.4. The molecule has 7 heteroatoms. The van der Waals surface area contributed by atoms with Gasteiger partial charge in [-0.05, 0) is 48.9 Å². The summed E-state index contributed by atoms with van der Waals surface area (Å²) in [6, 6.07) is 3.41. The fourth-order valence-electron chi connectivity index (χ4n) is 3.42. The number of hydrogen-bond donors (Lipinski definition) is 1. The van der Waals surface area contributed by atoms with Gasteiger partial charge in [-0.25, -0.2) is 0 Å². The zero-order valence-corrected chi connectivity index (χ0v) is 16.1. The lowest BCUT2D eigenvalue weighted by Gasteiger charge is -2.40. The van der Waals surface area contributed by atoms with Crippen molar-refractivity contribution in [1.29, 1.82) is 0 Å². The molecular weight excluding hydrogens is 357 g/mol. The summed E-state index contributed by atoms with van der Waals surface area (Å²) in [6.45, 7) is 8.37. The molecule has 0 unspecified atom stereocenters. The van der Waals surface area contributed by atoms with Gasteiger partial charge in [-0.2, -0.15) is 13.2 Å². The number of alkyl halides is 3. The summed E-state index contributed by atoms with van der Waals surface area (Å²) in [5.41, 5.74) is -0.637. The molecule has 1 aromatic rings. The monoisotopic (exact) mass is 384 g/mol. The third-order valence-electron chi connectivity index (χ3n) is 4.61. The van der Waals surface area contributed by atoms with Gasteiger partial charge < -0.3 is 10.2 Å². The number of rotatable bonds is 5. The van der Waals surface area contributed by atoms with E-state index >= 15 is 0 Å². The molecule has 0 saturated carbocycles. The van der Waals surface area contributed by atoms with Crippen molar-refractivity contribution in [3.63, 3.8) is 0 Å². The quantitative estimate of drug-likeness (QED) is 0.831. The molecule has 0 radical (unpaired) electrons. The van der Waals surface area contributed by atoms with E-state index in [4.69, 9.17) is 0 Å². The Morgan fingerprint density at radius 2 is 1.67 bits per heavy atom. The van der Waals surface area contributed by atoms with Gasteiger partial charge in [-0.1, -0.05) is 27.7 Å². The van der Waals surface area contributed by atoms with Gasteiger partial charge in [0.05, 0.1) is 5.56 Å². The lowest BCUT2D eigenvalue weighted by molar-refractivity contribution is -0.137. The largest absolute Gasteiger partial charge is 0.416 e. The first-order valence-electron chi connectivity index (χ1n) is 9.27. The van der Waals surface area contributed by atoms with Crippen molar-refractivity contribution in [2.24, 2.45) is 11.8 Å². The first-order valence-corrected chi connectivity index (χ1v) is 9.27. The van der Waals surface area contributed by atoms with Crippen LogP contribution in [0.3, 0.4) is 0 Å². The van der Waals surface area contributed by atoms with Crippen molar-refractivity contribution < 1.29 is 22.8 Å². The Bertz CT molecular complexity index is 669.